The molecule has 0 spiro atoms. The van der Waals surface area contributed by atoms with Crippen LogP contribution in [-0.4, -0.2) is 6.36 Å². The van der Waals surface area contributed by atoms with E-state index in [1.165, 1.54) is 24.3 Å². The van der Waals surface area contributed by atoms with Gasteiger partial charge in [-0.25, -0.2) is 0 Å². The smallest absolute Gasteiger partial charge is 0.489 e. The summed E-state index contributed by atoms with van der Waals surface area (Å²) in [6.45, 7) is 2.26. The van der Waals surface area contributed by atoms with Crippen molar-refractivity contribution >= 4 is 0 Å². The lowest BCUT2D eigenvalue weighted by Gasteiger charge is -2.10. The lowest BCUT2D eigenvalue weighted by Crippen LogP contribution is -2.17. The average molecular weight is 282 g/mol. The van der Waals surface area contributed by atoms with Crippen molar-refractivity contribution in [2.24, 2.45) is 0 Å². The van der Waals surface area contributed by atoms with Gasteiger partial charge in [-0.05, 0) is 36.8 Å². The molecule has 5 heteroatoms. The van der Waals surface area contributed by atoms with Gasteiger partial charge in [0.2, 0.25) is 0 Å². The monoisotopic (exact) mass is 282 g/mol. The Labute approximate surface area is 114 Å². The molecule has 0 aliphatic heterocycles. The lowest BCUT2D eigenvalue weighted by atomic mass is 10.2. The van der Waals surface area contributed by atoms with Crippen LogP contribution in [0.15, 0.2) is 48.5 Å². The lowest BCUT2D eigenvalue weighted by molar-refractivity contribution is -0.274. The van der Waals surface area contributed by atoms with Crippen molar-refractivity contribution in [1.82, 2.24) is 0 Å². The molecule has 0 aliphatic rings. The number of hydrogen-bond acceptors (Lipinski definition) is 2. The van der Waals surface area contributed by atoms with Crippen molar-refractivity contribution in [3.63, 3.8) is 0 Å². The first-order valence-corrected chi connectivity index (χ1v) is 5.96. The van der Waals surface area contributed by atoms with Gasteiger partial charge in [-0.3, -0.25) is 0 Å². The van der Waals surface area contributed by atoms with Crippen molar-refractivity contribution in [3.05, 3.63) is 59.7 Å². The van der Waals surface area contributed by atoms with Gasteiger partial charge in [0.05, 0.1) is 0 Å². The number of alkyl halides is 3. The van der Waals surface area contributed by atoms with Gasteiger partial charge in [0.1, 0.15) is 18.1 Å². The quantitative estimate of drug-likeness (QED) is 0.823. The fourth-order valence-electron chi connectivity index (χ4n) is 1.59. The third-order valence-electron chi connectivity index (χ3n) is 2.58. The van der Waals surface area contributed by atoms with Crippen LogP contribution >= 0.6 is 0 Å². The highest BCUT2D eigenvalue weighted by atomic mass is 19.4. The highest BCUT2D eigenvalue weighted by Crippen LogP contribution is 2.23. The molecule has 0 atom stereocenters. The molecular weight excluding hydrogens is 269 g/mol. The third kappa shape index (κ3) is 4.50. The average Bonchev–Trinajstić information content (AvgIpc) is 2.38. The van der Waals surface area contributed by atoms with E-state index in [4.69, 9.17) is 4.74 Å². The van der Waals surface area contributed by atoms with E-state index in [0.29, 0.717) is 5.75 Å². The highest BCUT2D eigenvalue weighted by Gasteiger charge is 2.30. The number of halogens is 3. The van der Waals surface area contributed by atoms with Crippen LogP contribution in [0, 0.1) is 6.92 Å². The summed E-state index contributed by atoms with van der Waals surface area (Å²) in [6, 6.07) is 13.1. The molecule has 2 aromatic carbocycles. The van der Waals surface area contributed by atoms with Crippen LogP contribution in [0.5, 0.6) is 11.5 Å². The first kappa shape index (κ1) is 14.2. The van der Waals surface area contributed by atoms with Gasteiger partial charge in [-0.15, -0.1) is 13.2 Å². The van der Waals surface area contributed by atoms with Gasteiger partial charge in [-0.2, -0.15) is 0 Å². The number of hydrogen-bond donors (Lipinski definition) is 0. The van der Waals surface area contributed by atoms with E-state index < -0.39 is 6.36 Å². The largest absolute Gasteiger partial charge is 0.573 e. The molecule has 2 nitrogen and oxygen atoms in total. The van der Waals surface area contributed by atoms with Crippen molar-refractivity contribution in [2.75, 3.05) is 0 Å². The minimum absolute atomic E-state index is 0.239. The maximum Gasteiger partial charge on any atom is 0.573 e. The second kappa shape index (κ2) is 5.86. The van der Waals surface area contributed by atoms with Crippen molar-refractivity contribution in [1.29, 1.82) is 0 Å². The Morgan fingerprint density at radius 1 is 0.850 bits per heavy atom. The first-order valence-electron chi connectivity index (χ1n) is 5.96. The summed E-state index contributed by atoms with van der Waals surface area (Å²) >= 11 is 0. The summed E-state index contributed by atoms with van der Waals surface area (Å²) in [4.78, 5) is 0. The van der Waals surface area contributed by atoms with Gasteiger partial charge in [0.15, 0.2) is 0 Å². The maximum atomic E-state index is 12.0. The molecule has 106 valence electrons. The third-order valence-corrected chi connectivity index (χ3v) is 2.58. The van der Waals surface area contributed by atoms with Crippen LogP contribution in [0.2, 0.25) is 0 Å². The highest BCUT2D eigenvalue weighted by molar-refractivity contribution is 5.29. The van der Waals surface area contributed by atoms with E-state index in [1.807, 2.05) is 31.2 Å². The minimum Gasteiger partial charge on any atom is -0.489 e. The zero-order valence-electron chi connectivity index (χ0n) is 10.8. The maximum absolute atomic E-state index is 12.0. The Balaban J connectivity index is 1.92. The van der Waals surface area contributed by atoms with Crippen molar-refractivity contribution in [2.45, 2.75) is 19.9 Å². The number of rotatable bonds is 4. The summed E-state index contributed by atoms with van der Waals surface area (Å²) in [6.07, 6.45) is -4.67. The van der Waals surface area contributed by atoms with Crippen molar-refractivity contribution < 1.29 is 22.6 Å². The molecule has 0 fully saturated rings. The fraction of sp³-hybridized carbons (Fsp3) is 0.200. The molecular formula is C15H13F3O2. The minimum atomic E-state index is -4.67. The number of aryl methyl sites for hydroxylation is 1. The molecule has 0 heterocycles. The molecule has 0 N–H and O–H groups in total. The van der Waals surface area contributed by atoms with Gasteiger partial charge in [0, 0.05) is 0 Å². The predicted molar refractivity (Wildman–Crippen MR) is 68.6 cm³/mol. The topological polar surface area (TPSA) is 18.5 Å². The molecule has 0 saturated heterocycles. The molecule has 0 aliphatic carbocycles. The molecule has 0 aromatic heterocycles. The normalized spacial score (nSPS) is 11.2. The van der Waals surface area contributed by atoms with E-state index in [0.717, 1.165) is 11.1 Å². The van der Waals surface area contributed by atoms with Crippen LogP contribution in [0.4, 0.5) is 13.2 Å². The van der Waals surface area contributed by atoms with Crippen LogP contribution in [0.25, 0.3) is 0 Å². The van der Waals surface area contributed by atoms with Gasteiger partial charge < -0.3 is 9.47 Å². The van der Waals surface area contributed by atoms with E-state index in [1.54, 1.807) is 0 Å². The van der Waals surface area contributed by atoms with E-state index in [-0.39, 0.29) is 12.4 Å². The molecule has 0 radical (unpaired) electrons. The Morgan fingerprint density at radius 3 is 1.95 bits per heavy atom. The number of benzene rings is 2. The molecule has 0 bridgehead atoms. The van der Waals surface area contributed by atoms with Crippen LogP contribution in [-0.2, 0) is 6.61 Å². The SMILES string of the molecule is Cc1ccc(OCc2ccc(OC(F)(F)F)cc2)cc1. The Hall–Kier alpha value is -2.17. The summed E-state index contributed by atoms with van der Waals surface area (Å²) in [5.41, 5.74) is 1.89. The van der Waals surface area contributed by atoms with E-state index in [2.05, 4.69) is 4.74 Å². The number of ether oxygens (including phenoxy) is 2. The molecule has 20 heavy (non-hydrogen) atoms. The van der Waals surface area contributed by atoms with E-state index >= 15 is 0 Å². The first-order chi connectivity index (χ1) is 9.42. The summed E-state index contributed by atoms with van der Waals surface area (Å²) in [5, 5.41) is 0. The Kier molecular flexibility index (Phi) is 4.17. The van der Waals surface area contributed by atoms with Gasteiger partial charge in [-0.1, -0.05) is 29.8 Å². The Bertz CT molecular complexity index is 545. The fourth-order valence-corrected chi connectivity index (χ4v) is 1.59. The second-order valence-electron chi connectivity index (χ2n) is 4.29. The summed E-state index contributed by atoms with van der Waals surface area (Å²) < 4.78 is 45.3. The molecule has 0 unspecified atom stereocenters. The van der Waals surface area contributed by atoms with Crippen molar-refractivity contribution in [3.8, 4) is 11.5 Å². The Morgan fingerprint density at radius 2 is 1.40 bits per heavy atom. The summed E-state index contributed by atoms with van der Waals surface area (Å²) in [5.74, 6) is 0.475. The molecule has 0 amide bonds. The molecule has 2 aromatic rings. The van der Waals surface area contributed by atoms with Crippen LogP contribution < -0.4 is 9.47 Å². The summed E-state index contributed by atoms with van der Waals surface area (Å²) in [7, 11) is 0. The second-order valence-corrected chi connectivity index (χ2v) is 4.29. The van der Waals surface area contributed by atoms with Gasteiger partial charge >= 0.3 is 6.36 Å². The molecule has 0 saturated carbocycles. The van der Waals surface area contributed by atoms with Gasteiger partial charge in [0.25, 0.3) is 0 Å². The van der Waals surface area contributed by atoms with E-state index in [9.17, 15) is 13.2 Å². The van der Waals surface area contributed by atoms with Crippen LogP contribution in [0.3, 0.4) is 0 Å². The zero-order valence-corrected chi connectivity index (χ0v) is 10.8. The standard InChI is InChI=1S/C15H13F3O2/c1-11-2-6-13(7-3-11)19-10-12-4-8-14(9-5-12)20-15(16,17)18/h2-9H,10H2,1H3. The van der Waals surface area contributed by atoms with Crippen LogP contribution in [0.1, 0.15) is 11.1 Å². The zero-order chi connectivity index (χ0) is 14.6. The molecule has 2 rings (SSSR count). The predicted octanol–water partition coefficient (Wildman–Crippen LogP) is 4.47.